The fourth-order valence-electron chi connectivity index (χ4n) is 1.69. The van der Waals surface area contributed by atoms with Crippen molar-refractivity contribution in [3.8, 4) is 0 Å². The van der Waals surface area contributed by atoms with E-state index in [4.69, 9.17) is 0 Å². The molecule has 1 N–H and O–H groups in total. The third-order valence-electron chi connectivity index (χ3n) is 2.70. The van der Waals surface area contributed by atoms with Crippen molar-refractivity contribution in [3.05, 3.63) is 41.7 Å². The molecular weight excluding hydrogens is 292 g/mol. The van der Waals surface area contributed by atoms with Crippen molar-refractivity contribution in [2.24, 2.45) is 0 Å². The molecule has 0 fully saturated rings. The van der Waals surface area contributed by atoms with Gasteiger partial charge in [-0.25, -0.2) is 18.7 Å². The van der Waals surface area contributed by atoms with E-state index in [0.717, 1.165) is 30.4 Å². The zero-order chi connectivity index (χ0) is 15.4. The molecule has 0 amide bonds. The zero-order valence-electron chi connectivity index (χ0n) is 12.2. The van der Waals surface area contributed by atoms with Gasteiger partial charge < -0.3 is 5.32 Å². The fraction of sp³-hybridized carbons (Fsp3) is 0.333. The summed E-state index contributed by atoms with van der Waals surface area (Å²) < 4.78 is 26.9. The molecule has 0 aliphatic rings. The summed E-state index contributed by atoms with van der Waals surface area (Å²) in [6, 6.07) is 5.13. The van der Waals surface area contributed by atoms with Crippen molar-refractivity contribution in [2.45, 2.75) is 36.6 Å². The highest BCUT2D eigenvalue weighted by molar-refractivity contribution is 7.99. The lowest BCUT2D eigenvalue weighted by molar-refractivity contribution is 0.577. The second kappa shape index (κ2) is 6.85. The van der Waals surface area contributed by atoms with Gasteiger partial charge in [0.15, 0.2) is 0 Å². The van der Waals surface area contributed by atoms with E-state index in [9.17, 15) is 8.78 Å². The van der Waals surface area contributed by atoms with Crippen LogP contribution in [-0.2, 0) is 0 Å². The third kappa shape index (κ3) is 4.14. The van der Waals surface area contributed by atoms with Gasteiger partial charge in [0.25, 0.3) is 0 Å². The van der Waals surface area contributed by atoms with Crippen molar-refractivity contribution in [3.63, 3.8) is 0 Å². The Morgan fingerprint density at radius 2 is 1.95 bits per heavy atom. The molecule has 112 valence electrons. The lowest BCUT2D eigenvalue weighted by atomic mass is 10.2. The lowest BCUT2D eigenvalue weighted by Gasteiger charge is -2.11. The van der Waals surface area contributed by atoms with Gasteiger partial charge in [-0.15, -0.1) is 0 Å². The predicted octanol–water partition coefficient (Wildman–Crippen LogP) is 4.46. The standard InChI is InChI=1S/C15H17F2N3S/c1-4-18-13-8-14(20-15(19-13)9(2)3)21-12-7-10(16)5-6-11(12)17/h5-9H,4H2,1-3H3,(H,18,19,20). The van der Waals surface area contributed by atoms with Gasteiger partial charge in [0, 0.05) is 18.5 Å². The van der Waals surface area contributed by atoms with Crippen molar-refractivity contribution in [1.29, 1.82) is 0 Å². The summed E-state index contributed by atoms with van der Waals surface area (Å²) in [4.78, 5) is 9.02. The van der Waals surface area contributed by atoms with Crippen molar-refractivity contribution in [2.75, 3.05) is 11.9 Å². The second-order valence-electron chi connectivity index (χ2n) is 4.81. The van der Waals surface area contributed by atoms with Gasteiger partial charge in [0.1, 0.15) is 28.3 Å². The Labute approximate surface area is 127 Å². The number of hydrogen-bond donors (Lipinski definition) is 1. The van der Waals surface area contributed by atoms with Crippen LogP contribution in [0, 0.1) is 11.6 Å². The molecule has 1 aromatic carbocycles. The lowest BCUT2D eigenvalue weighted by Crippen LogP contribution is -2.05. The van der Waals surface area contributed by atoms with Gasteiger partial charge in [-0.3, -0.25) is 0 Å². The van der Waals surface area contributed by atoms with E-state index in [0.29, 0.717) is 16.7 Å². The molecule has 0 atom stereocenters. The van der Waals surface area contributed by atoms with Crippen LogP contribution in [0.4, 0.5) is 14.6 Å². The number of hydrogen-bond acceptors (Lipinski definition) is 4. The normalized spacial score (nSPS) is 11.0. The molecule has 0 saturated heterocycles. The van der Waals surface area contributed by atoms with Crippen LogP contribution in [-0.4, -0.2) is 16.5 Å². The Morgan fingerprint density at radius 3 is 2.62 bits per heavy atom. The van der Waals surface area contributed by atoms with Crippen molar-refractivity contribution in [1.82, 2.24) is 9.97 Å². The van der Waals surface area contributed by atoms with Gasteiger partial charge >= 0.3 is 0 Å². The number of halogens is 2. The highest BCUT2D eigenvalue weighted by Crippen LogP contribution is 2.31. The minimum absolute atomic E-state index is 0.153. The van der Waals surface area contributed by atoms with E-state index >= 15 is 0 Å². The van der Waals surface area contributed by atoms with Crippen LogP contribution in [0.3, 0.4) is 0 Å². The Kier molecular flexibility index (Phi) is 5.12. The van der Waals surface area contributed by atoms with E-state index in [1.807, 2.05) is 20.8 Å². The van der Waals surface area contributed by atoms with E-state index in [-0.39, 0.29) is 10.8 Å². The molecule has 3 nitrogen and oxygen atoms in total. The molecule has 6 heteroatoms. The van der Waals surface area contributed by atoms with E-state index < -0.39 is 11.6 Å². The first-order valence-corrected chi connectivity index (χ1v) is 7.57. The van der Waals surface area contributed by atoms with Crippen LogP contribution in [0.15, 0.2) is 34.2 Å². The van der Waals surface area contributed by atoms with Crippen LogP contribution >= 0.6 is 11.8 Å². The summed E-state index contributed by atoms with van der Waals surface area (Å²) in [7, 11) is 0. The number of rotatable bonds is 5. The first-order valence-electron chi connectivity index (χ1n) is 6.75. The molecule has 0 radical (unpaired) electrons. The third-order valence-corrected chi connectivity index (χ3v) is 3.65. The first-order chi connectivity index (χ1) is 9.99. The molecular formula is C15H17F2N3S. The Hall–Kier alpha value is -1.69. The SMILES string of the molecule is CCNc1cc(Sc2cc(F)ccc2F)nc(C(C)C)n1. The Bertz CT molecular complexity index is 632. The summed E-state index contributed by atoms with van der Waals surface area (Å²) in [5, 5.41) is 3.71. The average Bonchev–Trinajstić information content (AvgIpc) is 2.43. The quantitative estimate of drug-likeness (QED) is 0.827. The number of nitrogens with zero attached hydrogens (tertiary/aromatic N) is 2. The first kappa shape index (κ1) is 15.7. The molecule has 0 saturated carbocycles. The Morgan fingerprint density at radius 1 is 1.19 bits per heavy atom. The summed E-state index contributed by atoms with van der Waals surface area (Å²) in [6.07, 6.45) is 0. The van der Waals surface area contributed by atoms with E-state index in [1.165, 1.54) is 6.07 Å². The Balaban J connectivity index is 2.36. The van der Waals surface area contributed by atoms with E-state index in [1.54, 1.807) is 6.07 Å². The van der Waals surface area contributed by atoms with Gasteiger partial charge in [-0.1, -0.05) is 25.6 Å². The van der Waals surface area contributed by atoms with E-state index in [2.05, 4.69) is 15.3 Å². The zero-order valence-corrected chi connectivity index (χ0v) is 13.0. The molecule has 1 heterocycles. The number of anilines is 1. The van der Waals surface area contributed by atoms with Gasteiger partial charge in [-0.2, -0.15) is 0 Å². The molecule has 0 unspecified atom stereocenters. The highest BCUT2D eigenvalue weighted by atomic mass is 32.2. The molecule has 21 heavy (non-hydrogen) atoms. The largest absolute Gasteiger partial charge is 0.370 e. The van der Waals surface area contributed by atoms with Crippen LogP contribution in [0.2, 0.25) is 0 Å². The van der Waals surface area contributed by atoms with Crippen LogP contribution in [0.25, 0.3) is 0 Å². The number of nitrogens with one attached hydrogen (secondary N) is 1. The number of benzene rings is 1. The molecule has 2 aromatic rings. The summed E-state index contributed by atoms with van der Waals surface area (Å²) in [5.74, 6) is 0.587. The number of aromatic nitrogens is 2. The average molecular weight is 309 g/mol. The summed E-state index contributed by atoms with van der Waals surface area (Å²) in [5.41, 5.74) is 0. The maximum atomic E-state index is 13.7. The second-order valence-corrected chi connectivity index (χ2v) is 5.87. The minimum atomic E-state index is -0.469. The highest BCUT2D eigenvalue weighted by Gasteiger charge is 2.11. The van der Waals surface area contributed by atoms with Crippen LogP contribution in [0.1, 0.15) is 32.5 Å². The maximum Gasteiger partial charge on any atom is 0.137 e. The monoisotopic (exact) mass is 309 g/mol. The summed E-state index contributed by atoms with van der Waals surface area (Å²) in [6.45, 7) is 6.67. The molecule has 0 spiro atoms. The molecule has 0 aliphatic carbocycles. The molecule has 2 rings (SSSR count). The van der Waals surface area contributed by atoms with Crippen LogP contribution < -0.4 is 5.32 Å². The van der Waals surface area contributed by atoms with Crippen molar-refractivity contribution < 1.29 is 8.78 Å². The molecule has 0 aliphatic heterocycles. The van der Waals surface area contributed by atoms with Gasteiger partial charge in [0.2, 0.25) is 0 Å². The van der Waals surface area contributed by atoms with Crippen LogP contribution in [0.5, 0.6) is 0 Å². The van der Waals surface area contributed by atoms with Gasteiger partial charge in [-0.05, 0) is 25.1 Å². The smallest absolute Gasteiger partial charge is 0.137 e. The maximum absolute atomic E-state index is 13.7. The minimum Gasteiger partial charge on any atom is -0.370 e. The summed E-state index contributed by atoms with van der Waals surface area (Å²) >= 11 is 1.09. The molecule has 1 aromatic heterocycles. The molecule has 0 bridgehead atoms. The van der Waals surface area contributed by atoms with Gasteiger partial charge in [0.05, 0.1) is 4.90 Å². The van der Waals surface area contributed by atoms with Crippen molar-refractivity contribution >= 4 is 17.6 Å². The fourth-order valence-corrected chi connectivity index (χ4v) is 2.57. The predicted molar refractivity (Wildman–Crippen MR) is 80.8 cm³/mol. The topological polar surface area (TPSA) is 37.8 Å².